The molecule has 0 aliphatic carbocycles. The number of hydrazine groups is 1. The zero-order valence-electron chi connectivity index (χ0n) is 14.6. The topological polar surface area (TPSA) is 120 Å². The van der Waals surface area contributed by atoms with Gasteiger partial charge in [0.15, 0.2) is 0 Å². The lowest BCUT2D eigenvalue weighted by Gasteiger charge is -2.19. The first kappa shape index (κ1) is 21.2. The van der Waals surface area contributed by atoms with Crippen LogP contribution in [0.1, 0.15) is 45.0 Å². The molecule has 24 heavy (non-hydrogen) atoms. The Morgan fingerprint density at radius 2 is 1.75 bits per heavy atom. The zero-order chi connectivity index (χ0) is 18.9. The highest BCUT2D eigenvalue weighted by atomic mass is 16.6. The van der Waals surface area contributed by atoms with E-state index in [1.165, 1.54) is 25.3 Å². The summed E-state index contributed by atoms with van der Waals surface area (Å²) in [6, 6.07) is 3.87. The summed E-state index contributed by atoms with van der Waals surface area (Å²) in [7, 11) is 1.21. The Hall–Kier alpha value is -2.84. The maximum Gasteiger partial charge on any atom is 0.426 e. The number of para-hydroxylation sites is 1. The van der Waals surface area contributed by atoms with Gasteiger partial charge in [-0.15, -0.1) is 0 Å². The van der Waals surface area contributed by atoms with Crippen LogP contribution in [-0.4, -0.2) is 29.6 Å². The van der Waals surface area contributed by atoms with Gasteiger partial charge in [-0.1, -0.05) is 19.9 Å². The first-order chi connectivity index (χ1) is 11.2. The standard InChI is InChI=1S/C13H17N3O6.C2H6/c1-13(2,3)22-12(18)15-14-11(17)8-6-5-7-9(16(19)20)10(8)21-4;1-2/h5-7H,1-4H3,(H,14,17)(H,15,18);1-2H3. The number of nitrogens with zero attached hydrogens (tertiary/aromatic N) is 1. The number of methoxy groups -OCH3 is 1. The Morgan fingerprint density at radius 3 is 2.21 bits per heavy atom. The van der Waals surface area contributed by atoms with Crippen LogP contribution in [0.2, 0.25) is 0 Å². The summed E-state index contributed by atoms with van der Waals surface area (Å²) < 4.78 is 9.84. The number of nitro groups is 1. The monoisotopic (exact) mass is 341 g/mol. The molecule has 0 saturated heterocycles. The van der Waals surface area contributed by atoms with Crippen LogP contribution >= 0.6 is 0 Å². The van der Waals surface area contributed by atoms with Crippen molar-refractivity contribution in [1.82, 2.24) is 10.9 Å². The van der Waals surface area contributed by atoms with Crippen LogP contribution in [0.15, 0.2) is 18.2 Å². The van der Waals surface area contributed by atoms with E-state index in [4.69, 9.17) is 9.47 Å². The molecule has 0 atom stereocenters. The number of hydrogen-bond donors (Lipinski definition) is 2. The lowest BCUT2D eigenvalue weighted by atomic mass is 10.1. The Kier molecular flexibility index (Phi) is 8.23. The Morgan fingerprint density at radius 1 is 1.17 bits per heavy atom. The van der Waals surface area contributed by atoms with E-state index in [9.17, 15) is 19.7 Å². The van der Waals surface area contributed by atoms with E-state index in [2.05, 4.69) is 10.9 Å². The summed E-state index contributed by atoms with van der Waals surface area (Å²) in [6.07, 6.45) is -0.856. The molecule has 0 aliphatic heterocycles. The van der Waals surface area contributed by atoms with Crippen LogP contribution in [0, 0.1) is 10.1 Å². The number of carbonyl (C=O) groups is 2. The Bertz CT molecular complexity index is 595. The van der Waals surface area contributed by atoms with Crippen LogP contribution < -0.4 is 15.6 Å². The van der Waals surface area contributed by atoms with Gasteiger partial charge in [-0.05, 0) is 26.8 Å². The van der Waals surface area contributed by atoms with E-state index in [-0.39, 0.29) is 17.0 Å². The molecule has 0 unspecified atom stereocenters. The molecule has 0 aliphatic rings. The number of carbonyl (C=O) groups excluding carboxylic acids is 2. The number of nitro benzene ring substituents is 1. The molecule has 0 radical (unpaired) electrons. The molecule has 2 N–H and O–H groups in total. The molecule has 0 saturated carbocycles. The minimum atomic E-state index is -0.856. The van der Waals surface area contributed by atoms with Gasteiger partial charge in [0.25, 0.3) is 5.91 Å². The predicted molar refractivity (Wildman–Crippen MR) is 87.8 cm³/mol. The molecule has 2 amide bonds. The van der Waals surface area contributed by atoms with Crippen molar-refractivity contribution in [2.24, 2.45) is 0 Å². The van der Waals surface area contributed by atoms with Crippen molar-refractivity contribution >= 4 is 17.7 Å². The fourth-order valence-electron chi connectivity index (χ4n) is 1.54. The normalized spacial score (nSPS) is 9.92. The highest BCUT2D eigenvalue weighted by Gasteiger charge is 2.23. The van der Waals surface area contributed by atoms with E-state index >= 15 is 0 Å². The summed E-state index contributed by atoms with van der Waals surface area (Å²) in [5.41, 5.74) is 2.98. The molecule has 9 nitrogen and oxygen atoms in total. The van der Waals surface area contributed by atoms with Crippen LogP contribution in [0.4, 0.5) is 10.5 Å². The largest absolute Gasteiger partial charge is 0.490 e. The van der Waals surface area contributed by atoms with E-state index < -0.39 is 22.5 Å². The minimum absolute atomic E-state index is 0.0900. The van der Waals surface area contributed by atoms with Crippen molar-refractivity contribution in [3.8, 4) is 5.75 Å². The summed E-state index contributed by atoms with van der Waals surface area (Å²) in [5, 5.41) is 10.9. The van der Waals surface area contributed by atoms with Gasteiger partial charge in [0.05, 0.1) is 17.6 Å². The molecule has 0 aromatic heterocycles. The zero-order valence-corrected chi connectivity index (χ0v) is 14.6. The molecule has 9 heteroatoms. The quantitative estimate of drug-likeness (QED) is 0.644. The molecule has 0 spiro atoms. The second kappa shape index (κ2) is 9.33. The highest BCUT2D eigenvalue weighted by molar-refractivity contribution is 5.98. The second-order valence-corrected chi connectivity index (χ2v) is 5.20. The molecule has 1 aromatic carbocycles. The van der Waals surface area contributed by atoms with Gasteiger partial charge in [-0.25, -0.2) is 10.2 Å². The van der Waals surface area contributed by atoms with Gasteiger partial charge in [0, 0.05) is 6.07 Å². The molecule has 134 valence electrons. The molecular formula is C15H23N3O6. The number of nitrogens with one attached hydrogen (secondary N) is 2. The number of rotatable bonds is 3. The molecular weight excluding hydrogens is 318 g/mol. The Labute approximate surface area is 140 Å². The van der Waals surface area contributed by atoms with Crippen molar-refractivity contribution in [3.63, 3.8) is 0 Å². The SMILES string of the molecule is CC.COc1c(C(=O)NNC(=O)OC(C)(C)C)cccc1[N+](=O)[O-]. The van der Waals surface area contributed by atoms with Gasteiger partial charge >= 0.3 is 11.8 Å². The smallest absolute Gasteiger partial charge is 0.426 e. The summed E-state index contributed by atoms with van der Waals surface area (Å²) in [5.74, 6) is -0.970. The fraction of sp³-hybridized carbons (Fsp3) is 0.467. The second-order valence-electron chi connectivity index (χ2n) is 5.20. The van der Waals surface area contributed by atoms with E-state index in [1.54, 1.807) is 20.8 Å². The van der Waals surface area contributed by atoms with Gasteiger partial charge in [0.1, 0.15) is 5.60 Å². The maximum absolute atomic E-state index is 12.0. The number of hydrogen-bond acceptors (Lipinski definition) is 6. The van der Waals surface area contributed by atoms with Crippen LogP contribution in [0.5, 0.6) is 5.75 Å². The third-order valence-electron chi connectivity index (χ3n) is 2.32. The van der Waals surface area contributed by atoms with E-state index in [1.807, 2.05) is 13.8 Å². The van der Waals surface area contributed by atoms with Gasteiger partial charge in [-0.3, -0.25) is 20.3 Å². The fourth-order valence-corrected chi connectivity index (χ4v) is 1.54. The van der Waals surface area contributed by atoms with E-state index in [0.29, 0.717) is 0 Å². The summed E-state index contributed by atoms with van der Waals surface area (Å²) >= 11 is 0. The first-order valence-corrected chi connectivity index (χ1v) is 7.26. The molecule has 1 aromatic rings. The molecule has 0 fully saturated rings. The van der Waals surface area contributed by atoms with Crippen molar-refractivity contribution in [2.75, 3.05) is 7.11 Å². The van der Waals surface area contributed by atoms with Gasteiger partial charge in [0.2, 0.25) is 5.75 Å². The van der Waals surface area contributed by atoms with Gasteiger partial charge in [-0.2, -0.15) is 0 Å². The predicted octanol–water partition coefficient (Wildman–Crippen LogP) is 2.80. The van der Waals surface area contributed by atoms with Crippen molar-refractivity contribution in [2.45, 2.75) is 40.2 Å². The molecule has 1 rings (SSSR count). The maximum atomic E-state index is 12.0. The van der Waals surface area contributed by atoms with Gasteiger partial charge < -0.3 is 9.47 Å². The highest BCUT2D eigenvalue weighted by Crippen LogP contribution is 2.30. The lowest BCUT2D eigenvalue weighted by Crippen LogP contribution is -2.44. The van der Waals surface area contributed by atoms with Crippen LogP contribution in [0.3, 0.4) is 0 Å². The van der Waals surface area contributed by atoms with E-state index in [0.717, 1.165) is 0 Å². The third kappa shape index (κ3) is 6.51. The summed E-state index contributed by atoms with van der Waals surface area (Å²) in [6.45, 7) is 8.99. The average Bonchev–Trinajstić information content (AvgIpc) is 2.51. The third-order valence-corrected chi connectivity index (χ3v) is 2.32. The Balaban J connectivity index is 0.00000254. The van der Waals surface area contributed by atoms with Crippen molar-refractivity contribution < 1.29 is 24.0 Å². The summed E-state index contributed by atoms with van der Waals surface area (Å²) in [4.78, 5) is 33.6. The van der Waals surface area contributed by atoms with Crippen LogP contribution in [0.25, 0.3) is 0 Å². The van der Waals surface area contributed by atoms with Crippen molar-refractivity contribution in [1.29, 1.82) is 0 Å². The number of ether oxygens (including phenoxy) is 2. The number of amides is 2. The molecule has 0 heterocycles. The lowest BCUT2D eigenvalue weighted by molar-refractivity contribution is -0.385. The number of benzene rings is 1. The van der Waals surface area contributed by atoms with Crippen LogP contribution in [-0.2, 0) is 4.74 Å². The molecule has 0 bridgehead atoms. The average molecular weight is 341 g/mol. The first-order valence-electron chi connectivity index (χ1n) is 7.26. The van der Waals surface area contributed by atoms with Crippen molar-refractivity contribution in [3.05, 3.63) is 33.9 Å². The minimum Gasteiger partial charge on any atom is -0.490 e.